The number of ether oxygens (including phenoxy) is 5. The summed E-state index contributed by atoms with van der Waals surface area (Å²) in [6.07, 6.45) is -1.66. The summed E-state index contributed by atoms with van der Waals surface area (Å²) in [4.78, 5) is 82.5. The smallest absolute Gasteiger partial charge is 0.346 e. The van der Waals surface area contributed by atoms with Crippen LogP contribution in [0, 0.1) is 0 Å². The summed E-state index contributed by atoms with van der Waals surface area (Å²) in [5.74, 6) is -6.41. The van der Waals surface area contributed by atoms with Gasteiger partial charge in [0.15, 0.2) is 6.61 Å². The standard InChI is InChI=1S/C22H12O12/c1-9(23)31-16(32-18(25)11-3-5-13-15(7-11)22(29)34-20(13)27)8-30-17(24)10-2-4-12-14(6-10)21(28)33-19(12)26/h2-7,16H,8H2,1H3. The van der Waals surface area contributed by atoms with Crippen molar-refractivity contribution in [1.82, 2.24) is 0 Å². The monoisotopic (exact) mass is 468 g/mol. The molecule has 2 aromatic rings. The maximum Gasteiger partial charge on any atom is 0.346 e. The number of fused-ring (bicyclic) bond motifs is 2. The van der Waals surface area contributed by atoms with Crippen LogP contribution in [0.4, 0.5) is 0 Å². The molecule has 0 amide bonds. The van der Waals surface area contributed by atoms with Crippen molar-refractivity contribution in [3.05, 3.63) is 69.8 Å². The van der Waals surface area contributed by atoms with Crippen LogP contribution < -0.4 is 0 Å². The molecule has 2 aliphatic heterocycles. The van der Waals surface area contributed by atoms with Gasteiger partial charge in [0.1, 0.15) is 0 Å². The number of carbonyl (C=O) groups is 7. The lowest BCUT2D eigenvalue weighted by molar-refractivity contribution is -0.172. The number of hydrogen-bond donors (Lipinski definition) is 0. The zero-order chi connectivity index (χ0) is 24.6. The SMILES string of the molecule is CC(=O)OC(COC(=O)c1ccc2c(c1)C(=O)OC2=O)OC(=O)c1ccc2c(c1)C(=O)OC2=O. The topological polar surface area (TPSA) is 166 Å². The summed E-state index contributed by atoms with van der Waals surface area (Å²) in [6, 6.07) is 7.01. The number of benzene rings is 2. The number of hydrogen-bond acceptors (Lipinski definition) is 12. The van der Waals surface area contributed by atoms with Crippen molar-refractivity contribution in [2.75, 3.05) is 6.61 Å². The van der Waals surface area contributed by atoms with Crippen LogP contribution in [0.5, 0.6) is 0 Å². The first kappa shape index (κ1) is 22.3. The maximum absolute atomic E-state index is 12.5. The molecule has 12 nitrogen and oxygen atoms in total. The predicted octanol–water partition coefficient (Wildman–Crippen LogP) is 1.21. The van der Waals surface area contributed by atoms with Crippen LogP contribution in [0.2, 0.25) is 0 Å². The Morgan fingerprint density at radius 3 is 1.68 bits per heavy atom. The van der Waals surface area contributed by atoms with Gasteiger partial charge in [-0.1, -0.05) is 0 Å². The molecule has 0 fully saturated rings. The number of esters is 7. The molecular weight excluding hydrogens is 456 g/mol. The molecular formula is C22H12O12. The van der Waals surface area contributed by atoms with E-state index in [0.29, 0.717) is 0 Å². The number of cyclic esters (lactones) is 4. The van der Waals surface area contributed by atoms with Gasteiger partial charge in [-0.15, -0.1) is 0 Å². The van der Waals surface area contributed by atoms with Gasteiger partial charge < -0.3 is 23.7 Å². The van der Waals surface area contributed by atoms with Gasteiger partial charge in [0.05, 0.1) is 33.4 Å². The molecule has 2 aliphatic rings. The van der Waals surface area contributed by atoms with Crippen molar-refractivity contribution in [2.45, 2.75) is 13.2 Å². The zero-order valence-corrected chi connectivity index (χ0v) is 17.1. The van der Waals surface area contributed by atoms with Crippen molar-refractivity contribution in [3.63, 3.8) is 0 Å². The molecule has 0 aliphatic carbocycles. The summed E-state index contributed by atoms with van der Waals surface area (Å²) in [5, 5.41) is 0. The minimum atomic E-state index is -1.66. The summed E-state index contributed by atoms with van der Waals surface area (Å²) >= 11 is 0. The Morgan fingerprint density at radius 1 is 0.706 bits per heavy atom. The fourth-order valence-electron chi connectivity index (χ4n) is 3.12. The molecule has 1 atom stereocenters. The third-order valence-electron chi connectivity index (χ3n) is 4.65. The average molecular weight is 468 g/mol. The molecule has 12 heteroatoms. The first-order valence-corrected chi connectivity index (χ1v) is 9.50. The van der Waals surface area contributed by atoms with Crippen LogP contribution in [0.15, 0.2) is 36.4 Å². The van der Waals surface area contributed by atoms with E-state index >= 15 is 0 Å². The molecule has 0 N–H and O–H groups in total. The van der Waals surface area contributed by atoms with Gasteiger partial charge in [-0.05, 0) is 36.4 Å². The second-order valence-electron chi connectivity index (χ2n) is 6.92. The van der Waals surface area contributed by atoms with E-state index in [4.69, 9.17) is 14.2 Å². The molecule has 34 heavy (non-hydrogen) atoms. The molecule has 1 unspecified atom stereocenters. The highest BCUT2D eigenvalue weighted by Gasteiger charge is 2.32. The summed E-state index contributed by atoms with van der Waals surface area (Å²) < 4.78 is 23.8. The molecule has 0 bridgehead atoms. The lowest BCUT2D eigenvalue weighted by atomic mass is 10.1. The fraction of sp³-hybridized carbons (Fsp3) is 0.136. The quantitative estimate of drug-likeness (QED) is 0.258. The lowest BCUT2D eigenvalue weighted by Crippen LogP contribution is -2.29. The largest absolute Gasteiger partial charge is 0.454 e. The van der Waals surface area contributed by atoms with E-state index in [1.54, 1.807) is 0 Å². The highest BCUT2D eigenvalue weighted by atomic mass is 16.7. The molecule has 2 heterocycles. The second-order valence-corrected chi connectivity index (χ2v) is 6.92. The van der Waals surface area contributed by atoms with E-state index in [2.05, 4.69) is 9.47 Å². The van der Waals surface area contributed by atoms with Gasteiger partial charge in [-0.25, -0.2) is 28.8 Å². The van der Waals surface area contributed by atoms with Crippen LogP contribution in [-0.2, 0) is 28.5 Å². The molecule has 4 rings (SSSR count). The van der Waals surface area contributed by atoms with Crippen LogP contribution in [-0.4, -0.2) is 54.7 Å². The van der Waals surface area contributed by atoms with Crippen LogP contribution in [0.3, 0.4) is 0 Å². The van der Waals surface area contributed by atoms with Gasteiger partial charge in [0.2, 0.25) is 0 Å². The van der Waals surface area contributed by atoms with Crippen LogP contribution >= 0.6 is 0 Å². The average Bonchev–Trinajstić information content (AvgIpc) is 3.25. The third kappa shape index (κ3) is 4.24. The normalized spacial score (nSPS) is 14.5. The number of carbonyl (C=O) groups excluding carboxylic acids is 7. The predicted molar refractivity (Wildman–Crippen MR) is 104 cm³/mol. The van der Waals surface area contributed by atoms with E-state index < -0.39 is 54.7 Å². The van der Waals surface area contributed by atoms with Crippen molar-refractivity contribution in [1.29, 1.82) is 0 Å². The van der Waals surface area contributed by atoms with Gasteiger partial charge in [0.25, 0.3) is 6.29 Å². The Labute approximate surface area is 189 Å². The van der Waals surface area contributed by atoms with E-state index in [1.165, 1.54) is 24.3 Å². The zero-order valence-electron chi connectivity index (χ0n) is 17.1. The first-order valence-electron chi connectivity index (χ1n) is 9.50. The molecule has 0 aromatic heterocycles. The Kier molecular flexibility index (Phi) is 5.63. The van der Waals surface area contributed by atoms with Gasteiger partial charge in [-0.3, -0.25) is 4.79 Å². The highest BCUT2D eigenvalue weighted by molar-refractivity contribution is 6.16. The van der Waals surface area contributed by atoms with Crippen LogP contribution in [0.25, 0.3) is 0 Å². The molecule has 0 saturated carbocycles. The van der Waals surface area contributed by atoms with Crippen molar-refractivity contribution >= 4 is 41.8 Å². The van der Waals surface area contributed by atoms with Gasteiger partial charge in [-0.2, -0.15) is 0 Å². The summed E-state index contributed by atoms with van der Waals surface area (Å²) in [6.45, 7) is 0.318. The minimum absolute atomic E-state index is 0.00630. The molecule has 172 valence electrons. The Morgan fingerprint density at radius 2 is 1.18 bits per heavy atom. The Bertz CT molecular complexity index is 1300. The van der Waals surface area contributed by atoms with E-state index in [0.717, 1.165) is 19.1 Å². The van der Waals surface area contributed by atoms with Gasteiger partial charge in [0, 0.05) is 6.92 Å². The summed E-state index contributed by atoms with van der Waals surface area (Å²) in [5.41, 5.74) is -0.546. The van der Waals surface area contributed by atoms with E-state index in [9.17, 15) is 33.6 Å². The highest BCUT2D eigenvalue weighted by Crippen LogP contribution is 2.23. The first-order chi connectivity index (χ1) is 16.1. The Balaban J connectivity index is 1.44. The van der Waals surface area contributed by atoms with E-state index in [-0.39, 0.29) is 33.4 Å². The van der Waals surface area contributed by atoms with Crippen molar-refractivity contribution in [2.24, 2.45) is 0 Å². The van der Waals surface area contributed by atoms with Crippen LogP contribution in [0.1, 0.15) is 69.1 Å². The molecule has 0 radical (unpaired) electrons. The minimum Gasteiger partial charge on any atom is -0.454 e. The van der Waals surface area contributed by atoms with Crippen molar-refractivity contribution in [3.8, 4) is 0 Å². The molecule has 0 saturated heterocycles. The van der Waals surface area contributed by atoms with Gasteiger partial charge >= 0.3 is 41.8 Å². The third-order valence-corrected chi connectivity index (χ3v) is 4.65. The summed E-state index contributed by atoms with van der Waals surface area (Å²) in [7, 11) is 0. The van der Waals surface area contributed by atoms with E-state index in [1.807, 2.05) is 0 Å². The van der Waals surface area contributed by atoms with Crippen molar-refractivity contribution < 1.29 is 57.2 Å². The fourth-order valence-corrected chi connectivity index (χ4v) is 3.12. The molecule has 0 spiro atoms. The Hall–Kier alpha value is -4.87. The molecule has 2 aromatic carbocycles. The number of rotatable bonds is 6. The lowest BCUT2D eigenvalue weighted by Gasteiger charge is -2.17. The maximum atomic E-state index is 12.5. The second kappa shape index (κ2) is 8.58.